The summed E-state index contributed by atoms with van der Waals surface area (Å²) in [6, 6.07) is 12.2. The van der Waals surface area contributed by atoms with Crippen molar-refractivity contribution in [2.24, 2.45) is 0 Å². The summed E-state index contributed by atoms with van der Waals surface area (Å²) >= 11 is 6.06. The van der Waals surface area contributed by atoms with E-state index in [9.17, 15) is 0 Å². The zero-order valence-electron chi connectivity index (χ0n) is 12.3. The minimum atomic E-state index is 0.352. The van der Waals surface area contributed by atoms with E-state index in [2.05, 4.69) is 39.1 Å². The molecule has 0 aliphatic carbocycles. The van der Waals surface area contributed by atoms with Gasteiger partial charge < -0.3 is 4.90 Å². The number of benzene rings is 1. The van der Waals surface area contributed by atoms with Crippen LogP contribution in [0.15, 0.2) is 36.4 Å². The molecule has 0 spiro atoms. The largest absolute Gasteiger partial charge is 0.378 e. The number of rotatable bonds is 3. The summed E-state index contributed by atoms with van der Waals surface area (Å²) in [5.74, 6) is 1.16. The van der Waals surface area contributed by atoms with Crippen molar-refractivity contribution < 1.29 is 0 Å². The Morgan fingerprint density at radius 1 is 1.05 bits per heavy atom. The Labute approximate surface area is 129 Å². The molecule has 4 nitrogen and oxygen atoms in total. The van der Waals surface area contributed by atoms with Crippen LogP contribution in [0.4, 0.5) is 5.69 Å². The van der Waals surface area contributed by atoms with E-state index in [1.165, 1.54) is 0 Å². The molecule has 3 aromatic rings. The van der Waals surface area contributed by atoms with Crippen molar-refractivity contribution in [3.05, 3.63) is 47.9 Å². The van der Waals surface area contributed by atoms with Crippen LogP contribution in [0.2, 0.25) is 0 Å². The van der Waals surface area contributed by atoms with Gasteiger partial charge in [-0.3, -0.25) is 4.57 Å². The molecule has 0 atom stereocenters. The number of aromatic nitrogens is 3. The maximum atomic E-state index is 6.06. The molecule has 0 aliphatic heterocycles. The van der Waals surface area contributed by atoms with Crippen molar-refractivity contribution in [2.45, 2.75) is 12.8 Å². The lowest BCUT2D eigenvalue weighted by molar-refractivity contribution is 0.965. The minimum absolute atomic E-state index is 0.352. The van der Waals surface area contributed by atoms with Crippen LogP contribution in [0, 0.1) is 6.92 Å². The highest BCUT2D eigenvalue weighted by molar-refractivity contribution is 6.16. The topological polar surface area (TPSA) is 34.0 Å². The fraction of sp³-hybridized carbons (Fsp3) is 0.250. The van der Waals surface area contributed by atoms with E-state index in [0.717, 1.165) is 34.1 Å². The third-order valence-electron chi connectivity index (χ3n) is 3.46. The Morgan fingerprint density at radius 2 is 1.76 bits per heavy atom. The van der Waals surface area contributed by atoms with Gasteiger partial charge in [-0.05, 0) is 43.3 Å². The van der Waals surface area contributed by atoms with Gasteiger partial charge in [0, 0.05) is 31.2 Å². The normalized spacial score (nSPS) is 11.0. The van der Waals surface area contributed by atoms with Crippen LogP contribution in [0.25, 0.3) is 16.9 Å². The van der Waals surface area contributed by atoms with Crippen molar-refractivity contribution in [1.29, 1.82) is 0 Å². The number of nitrogens with zero attached hydrogens (tertiary/aromatic N) is 4. The fourth-order valence-corrected chi connectivity index (χ4v) is 2.54. The van der Waals surface area contributed by atoms with Crippen LogP contribution in [0.3, 0.4) is 0 Å². The summed E-state index contributed by atoms with van der Waals surface area (Å²) in [5, 5.41) is 0. The lowest BCUT2D eigenvalue weighted by Crippen LogP contribution is -2.08. The second-order valence-electron chi connectivity index (χ2n) is 5.20. The predicted octanol–water partition coefficient (Wildman–Crippen LogP) is 3.53. The van der Waals surface area contributed by atoms with Gasteiger partial charge in [0.25, 0.3) is 0 Å². The van der Waals surface area contributed by atoms with E-state index in [1.807, 2.05) is 37.7 Å². The summed E-state index contributed by atoms with van der Waals surface area (Å²) in [6.45, 7) is 1.98. The van der Waals surface area contributed by atoms with E-state index >= 15 is 0 Å². The van der Waals surface area contributed by atoms with E-state index in [1.54, 1.807) is 0 Å². The average molecular weight is 301 g/mol. The monoisotopic (exact) mass is 300 g/mol. The number of alkyl halides is 1. The van der Waals surface area contributed by atoms with Gasteiger partial charge in [-0.1, -0.05) is 0 Å². The number of aryl methyl sites for hydroxylation is 1. The number of hydrogen-bond donors (Lipinski definition) is 0. The SMILES string of the molecule is Cc1ccc2nc(CCl)n(-c3ccc(N(C)C)cc3)c2n1. The molecule has 2 heterocycles. The first kappa shape index (κ1) is 13.9. The zero-order chi connectivity index (χ0) is 15.0. The second kappa shape index (κ2) is 5.37. The Hall–Kier alpha value is -2.07. The molecule has 0 radical (unpaired) electrons. The van der Waals surface area contributed by atoms with Crippen molar-refractivity contribution in [3.63, 3.8) is 0 Å². The molecule has 0 saturated heterocycles. The molecule has 108 valence electrons. The Kier molecular flexibility index (Phi) is 3.55. The van der Waals surface area contributed by atoms with Gasteiger partial charge in [-0.2, -0.15) is 0 Å². The second-order valence-corrected chi connectivity index (χ2v) is 5.47. The van der Waals surface area contributed by atoms with Gasteiger partial charge in [-0.25, -0.2) is 9.97 Å². The number of fused-ring (bicyclic) bond motifs is 1. The highest BCUT2D eigenvalue weighted by atomic mass is 35.5. The lowest BCUT2D eigenvalue weighted by atomic mass is 10.2. The number of anilines is 1. The van der Waals surface area contributed by atoms with E-state index in [4.69, 9.17) is 11.6 Å². The number of halogens is 1. The molecule has 0 amide bonds. The van der Waals surface area contributed by atoms with Gasteiger partial charge >= 0.3 is 0 Å². The zero-order valence-corrected chi connectivity index (χ0v) is 13.1. The van der Waals surface area contributed by atoms with Crippen molar-refractivity contribution >= 4 is 28.5 Å². The molecule has 1 aromatic carbocycles. The number of hydrogen-bond acceptors (Lipinski definition) is 3. The first-order valence-corrected chi connectivity index (χ1v) is 7.32. The Bertz CT molecular complexity index is 775. The molecule has 0 N–H and O–H groups in total. The number of pyridine rings is 1. The summed E-state index contributed by atoms with van der Waals surface area (Å²) in [7, 11) is 4.05. The maximum Gasteiger partial charge on any atom is 0.164 e. The molecule has 0 unspecified atom stereocenters. The van der Waals surface area contributed by atoms with E-state index in [-0.39, 0.29) is 0 Å². The van der Waals surface area contributed by atoms with Crippen LogP contribution in [0.1, 0.15) is 11.5 Å². The third kappa shape index (κ3) is 2.47. The van der Waals surface area contributed by atoms with Gasteiger partial charge in [0.2, 0.25) is 0 Å². The van der Waals surface area contributed by atoms with Crippen molar-refractivity contribution in [1.82, 2.24) is 14.5 Å². The smallest absolute Gasteiger partial charge is 0.164 e. The van der Waals surface area contributed by atoms with Crippen molar-refractivity contribution in [2.75, 3.05) is 19.0 Å². The quantitative estimate of drug-likeness (QED) is 0.694. The molecule has 0 bridgehead atoms. The molecular weight excluding hydrogens is 284 g/mol. The first-order valence-electron chi connectivity index (χ1n) is 6.79. The van der Waals surface area contributed by atoms with E-state index in [0.29, 0.717) is 5.88 Å². The summed E-state index contributed by atoms with van der Waals surface area (Å²) < 4.78 is 2.02. The summed E-state index contributed by atoms with van der Waals surface area (Å²) in [4.78, 5) is 11.2. The highest BCUT2D eigenvalue weighted by Gasteiger charge is 2.13. The Balaban J connectivity index is 2.20. The molecule has 5 heteroatoms. The first-order chi connectivity index (χ1) is 10.1. The molecule has 0 aliphatic rings. The predicted molar refractivity (Wildman–Crippen MR) is 87.5 cm³/mol. The maximum absolute atomic E-state index is 6.06. The molecule has 0 saturated carbocycles. The molecule has 0 fully saturated rings. The molecule has 2 aromatic heterocycles. The van der Waals surface area contributed by atoms with E-state index < -0.39 is 0 Å². The summed E-state index contributed by atoms with van der Waals surface area (Å²) in [6.07, 6.45) is 0. The molecule has 21 heavy (non-hydrogen) atoms. The minimum Gasteiger partial charge on any atom is -0.378 e. The van der Waals surface area contributed by atoms with Gasteiger partial charge in [0.1, 0.15) is 11.3 Å². The average Bonchev–Trinajstić information content (AvgIpc) is 2.85. The molecule has 3 rings (SSSR count). The standard InChI is InChI=1S/C16H17ClN4/c1-11-4-9-14-16(18-11)21(15(10-17)19-14)13-7-5-12(6-8-13)20(2)3/h4-9H,10H2,1-3H3. The Morgan fingerprint density at radius 3 is 2.38 bits per heavy atom. The van der Waals surface area contributed by atoms with Gasteiger partial charge in [0.05, 0.1) is 5.88 Å². The lowest BCUT2D eigenvalue weighted by Gasteiger charge is -2.14. The van der Waals surface area contributed by atoms with Crippen LogP contribution in [-0.2, 0) is 5.88 Å². The van der Waals surface area contributed by atoms with Gasteiger partial charge in [-0.15, -0.1) is 11.6 Å². The molecular formula is C16H17ClN4. The van der Waals surface area contributed by atoms with Gasteiger partial charge in [0.15, 0.2) is 5.65 Å². The fourth-order valence-electron chi connectivity index (χ4n) is 2.36. The van der Waals surface area contributed by atoms with Crippen molar-refractivity contribution in [3.8, 4) is 5.69 Å². The van der Waals surface area contributed by atoms with Crippen LogP contribution in [-0.4, -0.2) is 28.6 Å². The van der Waals surface area contributed by atoms with Crippen LogP contribution >= 0.6 is 11.6 Å². The third-order valence-corrected chi connectivity index (χ3v) is 3.70. The highest BCUT2D eigenvalue weighted by Crippen LogP contribution is 2.23. The van der Waals surface area contributed by atoms with Crippen LogP contribution < -0.4 is 4.90 Å². The van der Waals surface area contributed by atoms with Crippen LogP contribution in [0.5, 0.6) is 0 Å². The summed E-state index contributed by atoms with van der Waals surface area (Å²) in [5.41, 5.74) is 4.86. The number of imidazole rings is 1.